The van der Waals surface area contributed by atoms with Gasteiger partial charge in [0.25, 0.3) is 0 Å². The van der Waals surface area contributed by atoms with Gasteiger partial charge in [0.1, 0.15) is 0 Å². The Morgan fingerprint density at radius 3 is 2.61 bits per heavy atom. The molecule has 0 amide bonds. The minimum atomic E-state index is -3.05. The smallest absolute Gasteiger partial charge is 0.211 e. The van der Waals surface area contributed by atoms with Gasteiger partial charge < -0.3 is 10.2 Å². The van der Waals surface area contributed by atoms with Gasteiger partial charge >= 0.3 is 0 Å². The third-order valence-corrected chi connectivity index (χ3v) is 6.97. The normalized spacial score (nSPS) is 28.3. The Morgan fingerprint density at radius 2 is 2.09 bits per heavy atom. The lowest BCUT2D eigenvalue weighted by atomic mass is 9.68. The first-order valence-corrected chi connectivity index (χ1v) is 10.8. The van der Waals surface area contributed by atoms with E-state index in [1.165, 1.54) is 31.9 Å². The minimum absolute atomic E-state index is 0.346. The van der Waals surface area contributed by atoms with Gasteiger partial charge in [0, 0.05) is 39.3 Å². The molecule has 2 heterocycles. The highest BCUT2D eigenvalue weighted by Crippen LogP contribution is 2.47. The van der Waals surface area contributed by atoms with E-state index < -0.39 is 10.0 Å². The average molecular weight is 343 g/mol. The van der Waals surface area contributed by atoms with Crippen molar-refractivity contribution in [3.8, 4) is 0 Å². The van der Waals surface area contributed by atoms with Crippen LogP contribution in [0.2, 0.25) is 0 Å². The highest BCUT2D eigenvalue weighted by Gasteiger charge is 2.43. The first kappa shape index (κ1) is 17.0. The number of hydrogen-bond acceptors (Lipinski definition) is 3. The van der Waals surface area contributed by atoms with E-state index in [0.29, 0.717) is 24.4 Å². The van der Waals surface area contributed by atoms with Crippen LogP contribution >= 0.6 is 0 Å². The summed E-state index contributed by atoms with van der Waals surface area (Å²) in [4.78, 5) is 7.24. The number of likely N-dealkylation sites (tertiary alicyclic amines) is 1. The Balaban J connectivity index is 1.57. The van der Waals surface area contributed by atoms with Crippen molar-refractivity contribution in [3.05, 3.63) is 0 Å². The molecule has 1 N–H and O–H groups in total. The van der Waals surface area contributed by atoms with Crippen molar-refractivity contribution in [2.75, 3.05) is 45.5 Å². The summed E-state index contributed by atoms with van der Waals surface area (Å²) in [6, 6.07) is 0. The van der Waals surface area contributed by atoms with Crippen molar-refractivity contribution in [3.63, 3.8) is 0 Å². The number of sulfonamides is 1. The van der Waals surface area contributed by atoms with Crippen LogP contribution in [-0.4, -0.2) is 69.1 Å². The molecule has 1 unspecified atom stereocenters. The van der Waals surface area contributed by atoms with E-state index in [0.717, 1.165) is 38.6 Å². The molecular weight excluding hydrogens is 312 g/mol. The zero-order chi connectivity index (χ0) is 16.5. The molecule has 1 aliphatic carbocycles. The Bertz CT molecular complexity index is 556. The van der Waals surface area contributed by atoms with Gasteiger partial charge in [0.15, 0.2) is 5.96 Å². The average Bonchev–Trinajstić information content (AvgIpc) is 3.09. The van der Waals surface area contributed by atoms with Crippen LogP contribution in [0.1, 0.15) is 39.0 Å². The molecule has 3 rings (SSSR count). The van der Waals surface area contributed by atoms with E-state index >= 15 is 0 Å². The molecule has 0 aromatic heterocycles. The lowest BCUT2D eigenvalue weighted by Crippen LogP contribution is -2.42. The van der Waals surface area contributed by atoms with E-state index in [1.807, 2.05) is 0 Å². The topological polar surface area (TPSA) is 65.0 Å². The maximum Gasteiger partial charge on any atom is 0.211 e. The first-order valence-electron chi connectivity index (χ1n) is 8.90. The zero-order valence-corrected chi connectivity index (χ0v) is 15.2. The van der Waals surface area contributed by atoms with Gasteiger partial charge in [-0.2, -0.15) is 0 Å². The Hall–Kier alpha value is -0.820. The van der Waals surface area contributed by atoms with Crippen LogP contribution in [0.5, 0.6) is 0 Å². The summed E-state index contributed by atoms with van der Waals surface area (Å²) in [5.41, 5.74) is 0.566. The molecular formula is C16H30N4O2S. The largest absolute Gasteiger partial charge is 0.357 e. The number of aliphatic imine (C=N–C) groups is 1. The fourth-order valence-electron chi connectivity index (χ4n) is 4.09. The molecule has 3 fully saturated rings. The molecule has 0 radical (unpaired) electrons. The second-order valence-corrected chi connectivity index (χ2v) is 9.48. The van der Waals surface area contributed by atoms with Gasteiger partial charge in [-0.3, -0.25) is 4.99 Å². The maximum atomic E-state index is 11.6. The fraction of sp³-hybridized carbons (Fsp3) is 0.938. The summed E-state index contributed by atoms with van der Waals surface area (Å²) in [5, 5.41) is 3.42. The molecule has 23 heavy (non-hydrogen) atoms. The van der Waals surface area contributed by atoms with Gasteiger partial charge in [-0.05, 0) is 43.9 Å². The quantitative estimate of drug-likeness (QED) is 0.614. The van der Waals surface area contributed by atoms with Crippen LogP contribution in [0.15, 0.2) is 4.99 Å². The van der Waals surface area contributed by atoms with E-state index in [4.69, 9.17) is 4.99 Å². The molecule has 0 aromatic carbocycles. The van der Waals surface area contributed by atoms with Gasteiger partial charge in [0.2, 0.25) is 10.0 Å². The molecule has 1 saturated carbocycles. The minimum Gasteiger partial charge on any atom is -0.357 e. The van der Waals surface area contributed by atoms with Crippen molar-refractivity contribution < 1.29 is 8.42 Å². The third-order valence-electron chi connectivity index (χ3n) is 5.70. The van der Waals surface area contributed by atoms with Crippen molar-refractivity contribution in [1.29, 1.82) is 0 Å². The fourth-order valence-corrected chi connectivity index (χ4v) is 5.01. The van der Waals surface area contributed by atoms with Gasteiger partial charge in [-0.15, -0.1) is 0 Å². The van der Waals surface area contributed by atoms with E-state index in [1.54, 1.807) is 4.31 Å². The highest BCUT2D eigenvalue weighted by molar-refractivity contribution is 7.88. The molecule has 0 aromatic rings. The highest BCUT2D eigenvalue weighted by atomic mass is 32.2. The Kier molecular flexibility index (Phi) is 4.88. The summed E-state index contributed by atoms with van der Waals surface area (Å²) < 4.78 is 24.8. The number of nitrogens with one attached hydrogen (secondary N) is 1. The van der Waals surface area contributed by atoms with Crippen LogP contribution in [0.25, 0.3) is 0 Å². The van der Waals surface area contributed by atoms with Crippen LogP contribution in [0, 0.1) is 11.3 Å². The van der Waals surface area contributed by atoms with Gasteiger partial charge in [0.05, 0.1) is 6.26 Å². The Morgan fingerprint density at radius 1 is 1.30 bits per heavy atom. The lowest BCUT2D eigenvalue weighted by molar-refractivity contribution is 0.151. The maximum absolute atomic E-state index is 11.6. The van der Waals surface area contributed by atoms with E-state index in [9.17, 15) is 8.42 Å². The molecule has 132 valence electrons. The molecule has 6 nitrogen and oxygen atoms in total. The van der Waals surface area contributed by atoms with Crippen LogP contribution < -0.4 is 5.32 Å². The van der Waals surface area contributed by atoms with Crippen molar-refractivity contribution in [2.24, 2.45) is 16.3 Å². The molecule has 0 bridgehead atoms. The lowest BCUT2D eigenvalue weighted by Gasteiger charge is -2.38. The monoisotopic (exact) mass is 342 g/mol. The first-order chi connectivity index (χ1) is 10.9. The number of hydrogen-bond donors (Lipinski definition) is 1. The molecule has 7 heteroatoms. The summed E-state index contributed by atoms with van der Waals surface area (Å²) >= 11 is 0. The van der Waals surface area contributed by atoms with Crippen LogP contribution in [0.4, 0.5) is 0 Å². The van der Waals surface area contributed by atoms with Crippen molar-refractivity contribution in [1.82, 2.24) is 14.5 Å². The molecule has 1 spiro atoms. The van der Waals surface area contributed by atoms with Crippen LogP contribution in [-0.2, 0) is 10.0 Å². The second-order valence-electron chi connectivity index (χ2n) is 7.50. The van der Waals surface area contributed by atoms with Crippen molar-refractivity contribution >= 4 is 16.0 Å². The summed E-state index contributed by atoms with van der Waals surface area (Å²) in [7, 11) is -3.05. The standard InChI is InChI=1S/C16H30N4O2S/c1-3-17-15(19-10-8-16(13-19)6-4-7-16)18-11-14-5-9-20(12-14)23(2,21)22/h14H,3-13H2,1-2H3,(H,17,18). The summed E-state index contributed by atoms with van der Waals surface area (Å²) in [6.07, 6.45) is 7.63. The third kappa shape index (κ3) is 3.82. The van der Waals surface area contributed by atoms with Crippen LogP contribution in [0.3, 0.4) is 0 Å². The molecule has 2 saturated heterocycles. The van der Waals surface area contributed by atoms with Gasteiger partial charge in [-0.25, -0.2) is 12.7 Å². The summed E-state index contributed by atoms with van der Waals surface area (Å²) in [5.74, 6) is 1.37. The predicted octanol–water partition coefficient (Wildman–Crippen LogP) is 1.11. The number of guanidine groups is 1. The van der Waals surface area contributed by atoms with Crippen molar-refractivity contribution in [2.45, 2.75) is 39.0 Å². The predicted molar refractivity (Wildman–Crippen MR) is 93.0 cm³/mol. The van der Waals surface area contributed by atoms with Gasteiger partial charge in [-0.1, -0.05) is 6.42 Å². The SMILES string of the molecule is CCNC(=NCC1CCN(S(C)(=O)=O)C1)N1CCC2(CCC2)C1. The molecule has 3 aliphatic rings. The summed E-state index contributed by atoms with van der Waals surface area (Å²) in [6.45, 7) is 7.20. The van der Waals surface area contributed by atoms with E-state index in [-0.39, 0.29) is 0 Å². The number of nitrogens with zero attached hydrogens (tertiary/aromatic N) is 3. The second kappa shape index (κ2) is 6.59. The zero-order valence-electron chi connectivity index (χ0n) is 14.4. The van der Waals surface area contributed by atoms with E-state index in [2.05, 4.69) is 17.1 Å². The molecule has 1 atom stereocenters. The molecule has 2 aliphatic heterocycles. The number of rotatable bonds is 4. The Labute approximate surface area is 140 Å².